The summed E-state index contributed by atoms with van der Waals surface area (Å²) in [6.07, 6.45) is 0. The van der Waals surface area contributed by atoms with Crippen molar-refractivity contribution in [3.8, 4) is 0 Å². The topological polar surface area (TPSA) is 114 Å². The third-order valence-corrected chi connectivity index (χ3v) is 0. The molecule has 0 amide bonds. The van der Waals surface area contributed by atoms with E-state index in [4.69, 9.17) is 22.8 Å². The molecule has 0 aromatic carbocycles. The molecule has 0 radical (unpaired) electrons. The molecule has 0 saturated carbocycles. The zero-order chi connectivity index (χ0) is 7.15. The van der Waals surface area contributed by atoms with Gasteiger partial charge >= 0.3 is 91.3 Å². The van der Waals surface area contributed by atoms with Crippen LogP contribution in [-0.2, 0) is 45.5 Å². The second-order valence-corrected chi connectivity index (χ2v) is 1.84. The van der Waals surface area contributed by atoms with Gasteiger partial charge in [-0.05, 0) is 0 Å². The Hall–Kier alpha value is 1.55. The van der Waals surface area contributed by atoms with Gasteiger partial charge in [0.25, 0.3) is 0 Å². The molecule has 0 unspecified atom stereocenters. The predicted molar refractivity (Wildman–Crippen MR) is 8.50 cm³/mol. The molecule has 9 heteroatoms. The predicted octanol–water partition coefficient (Wildman–Crippen LogP) is -3.24. The Kier molecular flexibility index (Phi) is 23.0. The van der Waals surface area contributed by atoms with E-state index < -0.39 is 30.8 Å². The van der Waals surface area contributed by atoms with Crippen molar-refractivity contribution in [3.63, 3.8) is 0 Å². The fraction of sp³-hybridized carbons (Fsp3) is 0. The molecule has 0 spiro atoms. The minimum atomic E-state index is -3.94. The minimum absolute atomic E-state index is 0. The third kappa shape index (κ3) is 227. The van der Waals surface area contributed by atoms with Crippen molar-refractivity contribution >= 4 is 37.7 Å². The SMILES string of the molecule is [Ca+2].[O]=[V](=[O])[O-].[O]=[V](=[O])[O-]. The summed E-state index contributed by atoms with van der Waals surface area (Å²) in [4.78, 5) is 0. The van der Waals surface area contributed by atoms with E-state index in [-0.39, 0.29) is 37.7 Å². The molecule has 0 aromatic heterocycles. The summed E-state index contributed by atoms with van der Waals surface area (Å²) in [5.41, 5.74) is 0. The van der Waals surface area contributed by atoms with Crippen molar-refractivity contribution in [2.24, 2.45) is 0 Å². The van der Waals surface area contributed by atoms with Gasteiger partial charge < -0.3 is 0 Å². The van der Waals surface area contributed by atoms with Crippen molar-refractivity contribution in [2.75, 3.05) is 0 Å². The average molecular weight is 238 g/mol. The Morgan fingerprint density at radius 1 is 0.778 bits per heavy atom. The van der Waals surface area contributed by atoms with Crippen LogP contribution in [0.25, 0.3) is 0 Å². The first kappa shape index (κ1) is 16.9. The normalized spacial score (nSPS) is 5.56. The average Bonchev–Trinajstić information content (AvgIpc) is 1.25. The Morgan fingerprint density at radius 3 is 0.778 bits per heavy atom. The standard InChI is InChI=1S/Ca.6O.2V/q+2;;;;;2*-1;;. The summed E-state index contributed by atoms with van der Waals surface area (Å²) in [6.45, 7) is 0. The zero-order valence-corrected chi connectivity index (χ0v) is 9.05. The molecule has 0 aliphatic rings. The van der Waals surface area contributed by atoms with E-state index in [1.165, 1.54) is 0 Å². The zero-order valence-electron chi connectivity index (χ0n) is 4.05. The van der Waals surface area contributed by atoms with Crippen LogP contribution >= 0.6 is 0 Å². The summed E-state index contributed by atoms with van der Waals surface area (Å²) < 4.78 is 51.4. The van der Waals surface area contributed by atoms with Gasteiger partial charge in [-0.2, -0.15) is 0 Å². The van der Waals surface area contributed by atoms with Crippen LogP contribution in [0.5, 0.6) is 0 Å². The van der Waals surface area contributed by atoms with E-state index in [1.807, 2.05) is 0 Å². The molecular weight excluding hydrogens is 238 g/mol. The summed E-state index contributed by atoms with van der Waals surface area (Å²) in [6, 6.07) is 0. The number of rotatable bonds is 0. The van der Waals surface area contributed by atoms with Gasteiger partial charge in [-0.15, -0.1) is 0 Å². The van der Waals surface area contributed by atoms with Gasteiger partial charge in [-0.3, -0.25) is 0 Å². The van der Waals surface area contributed by atoms with Gasteiger partial charge in [0.2, 0.25) is 0 Å². The van der Waals surface area contributed by atoms with E-state index in [2.05, 4.69) is 0 Å². The van der Waals surface area contributed by atoms with E-state index in [0.29, 0.717) is 0 Å². The molecule has 0 aliphatic heterocycles. The molecule has 0 fully saturated rings. The quantitative estimate of drug-likeness (QED) is 0.409. The van der Waals surface area contributed by atoms with Crippen molar-refractivity contribution in [1.82, 2.24) is 0 Å². The van der Waals surface area contributed by atoms with Crippen molar-refractivity contribution in [1.29, 1.82) is 0 Å². The first-order valence-electron chi connectivity index (χ1n) is 1.10. The molecule has 48 valence electrons. The molecular formula is CaO6V2. The summed E-state index contributed by atoms with van der Waals surface area (Å²) >= 11 is -7.88. The molecule has 0 aliphatic carbocycles. The maximum atomic E-state index is 8.56. The van der Waals surface area contributed by atoms with Crippen LogP contribution in [0.2, 0.25) is 0 Å². The van der Waals surface area contributed by atoms with Gasteiger partial charge in [0.15, 0.2) is 0 Å². The van der Waals surface area contributed by atoms with Crippen LogP contribution in [0.15, 0.2) is 0 Å². The fourth-order valence-electron chi connectivity index (χ4n) is 0. The van der Waals surface area contributed by atoms with Crippen molar-refractivity contribution in [2.45, 2.75) is 0 Å². The summed E-state index contributed by atoms with van der Waals surface area (Å²) in [5, 5.41) is 0. The van der Waals surface area contributed by atoms with Crippen molar-refractivity contribution in [3.05, 3.63) is 0 Å². The maximum absolute atomic E-state index is 8.56. The Balaban J connectivity index is -0.0000000720. The van der Waals surface area contributed by atoms with Crippen LogP contribution < -0.4 is 8.06 Å². The number of hydrogen-bond acceptors (Lipinski definition) is 6. The van der Waals surface area contributed by atoms with E-state index >= 15 is 0 Å². The van der Waals surface area contributed by atoms with E-state index in [1.54, 1.807) is 0 Å². The van der Waals surface area contributed by atoms with Gasteiger partial charge in [0.05, 0.1) is 0 Å². The van der Waals surface area contributed by atoms with Gasteiger partial charge in [0, 0.05) is 0 Å². The molecule has 6 nitrogen and oxygen atoms in total. The van der Waals surface area contributed by atoms with Crippen LogP contribution in [-0.4, -0.2) is 37.7 Å². The first-order chi connectivity index (χ1) is 3.46. The van der Waals surface area contributed by atoms with Crippen LogP contribution in [0.3, 0.4) is 0 Å². The molecule has 0 atom stereocenters. The summed E-state index contributed by atoms with van der Waals surface area (Å²) in [5.74, 6) is 0. The summed E-state index contributed by atoms with van der Waals surface area (Å²) in [7, 11) is 0. The van der Waals surface area contributed by atoms with Gasteiger partial charge in [0.1, 0.15) is 0 Å². The monoisotopic (exact) mass is 238 g/mol. The second kappa shape index (κ2) is 12.2. The van der Waals surface area contributed by atoms with Crippen LogP contribution in [0.1, 0.15) is 0 Å². The van der Waals surface area contributed by atoms with E-state index in [9.17, 15) is 0 Å². The Morgan fingerprint density at radius 2 is 0.778 bits per heavy atom. The third-order valence-electron chi connectivity index (χ3n) is 0. The molecule has 0 saturated heterocycles. The Bertz CT molecular complexity index is 128. The van der Waals surface area contributed by atoms with E-state index in [0.717, 1.165) is 0 Å². The fourth-order valence-corrected chi connectivity index (χ4v) is 0. The van der Waals surface area contributed by atoms with Crippen LogP contribution in [0, 0.1) is 0 Å². The molecule has 0 N–H and O–H groups in total. The van der Waals surface area contributed by atoms with Gasteiger partial charge in [-0.25, -0.2) is 0 Å². The second-order valence-electron chi connectivity index (χ2n) is 0.447. The number of hydrogen-bond donors (Lipinski definition) is 0. The molecule has 0 aromatic rings. The molecule has 9 heavy (non-hydrogen) atoms. The first-order valence-corrected chi connectivity index (χ1v) is 4.52. The Labute approximate surface area is 90.0 Å². The molecule has 0 rings (SSSR count). The van der Waals surface area contributed by atoms with Crippen LogP contribution in [0.4, 0.5) is 0 Å². The van der Waals surface area contributed by atoms with Crippen molar-refractivity contribution < 1.29 is 53.6 Å². The molecule has 0 heterocycles. The van der Waals surface area contributed by atoms with Gasteiger partial charge in [-0.1, -0.05) is 0 Å². The molecule has 0 bridgehead atoms.